The van der Waals surface area contributed by atoms with Crippen molar-refractivity contribution in [2.24, 2.45) is 0 Å². The molecule has 0 bridgehead atoms. The van der Waals surface area contributed by atoms with Crippen molar-refractivity contribution in [2.45, 2.75) is 0 Å². The monoisotopic (exact) mass is 796 g/mol. The van der Waals surface area contributed by atoms with Gasteiger partial charge in [0.15, 0.2) is 17.5 Å². The zero-order valence-electron chi connectivity index (χ0n) is 33.0. The average molecular weight is 797 g/mol. The summed E-state index contributed by atoms with van der Waals surface area (Å²) in [7, 11) is 0. The van der Waals surface area contributed by atoms with Gasteiger partial charge in [0.25, 0.3) is 0 Å². The van der Waals surface area contributed by atoms with Gasteiger partial charge in [-0.2, -0.15) is 0 Å². The number of para-hydroxylation sites is 1. The molecule has 0 aliphatic rings. The molecular formula is C56H36N4S. The van der Waals surface area contributed by atoms with E-state index in [2.05, 4.69) is 206 Å². The molecule has 0 unspecified atom stereocenters. The van der Waals surface area contributed by atoms with E-state index in [-0.39, 0.29) is 0 Å². The lowest BCUT2D eigenvalue weighted by atomic mass is 9.94. The van der Waals surface area contributed by atoms with Crippen molar-refractivity contribution < 1.29 is 0 Å². The van der Waals surface area contributed by atoms with E-state index in [1.807, 2.05) is 23.5 Å². The number of hydrogen-bond acceptors (Lipinski definition) is 5. The second-order valence-corrected chi connectivity index (χ2v) is 16.0. The highest BCUT2D eigenvalue weighted by atomic mass is 32.1. The van der Waals surface area contributed by atoms with Crippen LogP contribution in [0.2, 0.25) is 0 Å². The number of aromatic nitrogens is 4. The molecule has 0 spiro atoms. The van der Waals surface area contributed by atoms with Gasteiger partial charge in [-0.3, -0.25) is 0 Å². The first kappa shape index (κ1) is 36.2. The summed E-state index contributed by atoms with van der Waals surface area (Å²) in [5.41, 5.74) is 13.7. The Kier molecular flexibility index (Phi) is 9.34. The average Bonchev–Trinajstić information content (AvgIpc) is 3.76. The maximum absolute atomic E-state index is 5.41. The van der Waals surface area contributed by atoms with E-state index in [4.69, 9.17) is 19.9 Å². The predicted octanol–water partition coefficient (Wildman–Crippen LogP) is 15.0. The molecule has 8 aromatic carbocycles. The molecule has 0 aliphatic heterocycles. The molecule has 4 nitrogen and oxygen atoms in total. The van der Waals surface area contributed by atoms with Gasteiger partial charge in [-0.05, 0) is 51.6 Å². The summed E-state index contributed by atoms with van der Waals surface area (Å²) in [5.74, 6) is 1.83. The molecule has 5 heteroatoms. The zero-order chi connectivity index (χ0) is 40.5. The van der Waals surface area contributed by atoms with Crippen LogP contribution in [0, 0.1) is 0 Å². The van der Waals surface area contributed by atoms with E-state index in [1.54, 1.807) is 0 Å². The molecule has 3 heterocycles. The van der Waals surface area contributed by atoms with Gasteiger partial charge in [0.1, 0.15) is 0 Å². The number of hydrogen-bond donors (Lipinski definition) is 0. The third-order valence-electron chi connectivity index (χ3n) is 11.1. The number of rotatable bonds is 8. The number of pyridine rings is 1. The Bertz CT molecular complexity index is 3230. The number of benzene rings is 8. The molecule has 0 saturated heterocycles. The van der Waals surface area contributed by atoms with Crippen molar-refractivity contribution in [1.82, 2.24) is 19.9 Å². The molecule has 0 saturated carbocycles. The smallest absolute Gasteiger partial charge is 0.164 e. The van der Waals surface area contributed by atoms with Crippen LogP contribution in [0.25, 0.3) is 110 Å². The lowest BCUT2D eigenvalue weighted by Crippen LogP contribution is -2.00. The quantitative estimate of drug-likeness (QED) is 0.154. The second-order valence-electron chi connectivity index (χ2n) is 15.0. The zero-order valence-corrected chi connectivity index (χ0v) is 33.8. The van der Waals surface area contributed by atoms with E-state index < -0.39 is 0 Å². The van der Waals surface area contributed by atoms with Crippen molar-refractivity contribution in [2.75, 3.05) is 0 Å². The van der Waals surface area contributed by atoms with Gasteiger partial charge in [0.05, 0.1) is 11.2 Å². The lowest BCUT2D eigenvalue weighted by molar-refractivity contribution is 1.07. The molecule has 0 N–H and O–H groups in total. The molecule has 3 aromatic heterocycles. The molecule has 0 amide bonds. The molecule has 0 radical (unpaired) electrons. The number of thiophene rings is 1. The van der Waals surface area contributed by atoms with Gasteiger partial charge in [-0.25, -0.2) is 19.9 Å². The maximum atomic E-state index is 5.41. The minimum Gasteiger partial charge on any atom is -0.247 e. The van der Waals surface area contributed by atoms with E-state index in [0.29, 0.717) is 17.5 Å². The standard InChI is InChI=1S/C56H36N4S/c1-5-17-37(18-6-1)43-25-15-27-45(35-43)55-58-54(59-56(60-55)46-28-16-26-44(36-46)38-19-7-2-8-20-38)42-33-31-40(32-34-42)51-50-49(39-21-9-3-10-22-39)52(41-23-11-4-12-24-41)61-53(50)47-29-13-14-30-48(47)57-51/h1-36H. The van der Waals surface area contributed by atoms with Gasteiger partial charge < -0.3 is 0 Å². The maximum Gasteiger partial charge on any atom is 0.164 e. The fraction of sp³-hybridized carbons (Fsp3) is 0. The van der Waals surface area contributed by atoms with Crippen LogP contribution in [0.1, 0.15) is 0 Å². The SMILES string of the molecule is c1ccc(-c2cccc(-c3nc(-c4ccc(-c5nc6ccccc6c6sc(-c7ccccc7)c(-c7ccccc7)c56)cc4)nc(-c4cccc(-c5ccccc5)c4)n3)c2)cc1. The van der Waals surface area contributed by atoms with Crippen molar-refractivity contribution in [1.29, 1.82) is 0 Å². The van der Waals surface area contributed by atoms with Crippen molar-refractivity contribution >= 4 is 32.3 Å². The predicted molar refractivity (Wildman–Crippen MR) is 254 cm³/mol. The van der Waals surface area contributed by atoms with Gasteiger partial charge in [0.2, 0.25) is 0 Å². The largest absolute Gasteiger partial charge is 0.247 e. The van der Waals surface area contributed by atoms with E-state index >= 15 is 0 Å². The fourth-order valence-electron chi connectivity index (χ4n) is 8.15. The van der Waals surface area contributed by atoms with Crippen molar-refractivity contribution in [3.8, 4) is 89.2 Å². The Balaban J connectivity index is 1.08. The third kappa shape index (κ3) is 6.97. The summed E-state index contributed by atoms with van der Waals surface area (Å²) in [5, 5.41) is 2.31. The summed E-state index contributed by atoms with van der Waals surface area (Å²) in [6.07, 6.45) is 0. The Labute approximate surface area is 358 Å². The second kappa shape index (κ2) is 15.7. The highest BCUT2D eigenvalue weighted by molar-refractivity contribution is 7.24. The van der Waals surface area contributed by atoms with E-state index in [1.165, 1.54) is 26.3 Å². The van der Waals surface area contributed by atoms with Crippen LogP contribution < -0.4 is 0 Å². The highest BCUT2D eigenvalue weighted by Crippen LogP contribution is 2.50. The van der Waals surface area contributed by atoms with E-state index in [9.17, 15) is 0 Å². The topological polar surface area (TPSA) is 51.6 Å². The summed E-state index contributed by atoms with van der Waals surface area (Å²) < 4.78 is 1.23. The lowest BCUT2D eigenvalue weighted by Gasteiger charge is -2.12. The highest BCUT2D eigenvalue weighted by Gasteiger charge is 2.23. The Hall–Kier alpha value is -7.86. The first-order chi connectivity index (χ1) is 30.2. The number of nitrogens with zero attached hydrogens (tertiary/aromatic N) is 4. The molecule has 286 valence electrons. The normalized spacial score (nSPS) is 11.3. The molecule has 11 aromatic rings. The van der Waals surface area contributed by atoms with Crippen LogP contribution in [0.5, 0.6) is 0 Å². The summed E-state index contributed by atoms with van der Waals surface area (Å²) >= 11 is 1.84. The van der Waals surface area contributed by atoms with Crippen LogP contribution in [-0.4, -0.2) is 19.9 Å². The summed E-state index contributed by atoms with van der Waals surface area (Å²) in [6, 6.07) is 76.1. The van der Waals surface area contributed by atoms with Gasteiger partial charge in [-0.15, -0.1) is 11.3 Å². The van der Waals surface area contributed by atoms with Gasteiger partial charge >= 0.3 is 0 Å². The van der Waals surface area contributed by atoms with Crippen LogP contribution in [0.4, 0.5) is 0 Å². The summed E-state index contributed by atoms with van der Waals surface area (Å²) in [6.45, 7) is 0. The first-order valence-electron chi connectivity index (χ1n) is 20.4. The molecule has 0 fully saturated rings. The van der Waals surface area contributed by atoms with Crippen LogP contribution in [0.15, 0.2) is 218 Å². The minimum absolute atomic E-state index is 0.602. The Morgan fingerprint density at radius 3 is 1.28 bits per heavy atom. The number of fused-ring (bicyclic) bond motifs is 3. The van der Waals surface area contributed by atoms with Crippen LogP contribution >= 0.6 is 11.3 Å². The van der Waals surface area contributed by atoms with Crippen LogP contribution in [-0.2, 0) is 0 Å². The Morgan fingerprint density at radius 2 is 0.721 bits per heavy atom. The minimum atomic E-state index is 0.602. The molecule has 0 aliphatic carbocycles. The molecule has 61 heavy (non-hydrogen) atoms. The van der Waals surface area contributed by atoms with E-state index in [0.717, 1.165) is 66.5 Å². The Morgan fingerprint density at radius 1 is 0.295 bits per heavy atom. The van der Waals surface area contributed by atoms with Gasteiger partial charge in [0, 0.05) is 48.2 Å². The fourth-order valence-corrected chi connectivity index (χ4v) is 9.51. The molecule has 0 atom stereocenters. The van der Waals surface area contributed by atoms with Gasteiger partial charge in [-0.1, -0.05) is 200 Å². The third-order valence-corrected chi connectivity index (χ3v) is 12.4. The molecule has 11 rings (SSSR count). The van der Waals surface area contributed by atoms with Crippen molar-refractivity contribution in [3.05, 3.63) is 218 Å². The van der Waals surface area contributed by atoms with Crippen molar-refractivity contribution in [3.63, 3.8) is 0 Å². The van der Waals surface area contributed by atoms with Crippen LogP contribution in [0.3, 0.4) is 0 Å². The molecular weight excluding hydrogens is 761 g/mol. The first-order valence-corrected chi connectivity index (χ1v) is 21.2. The summed E-state index contributed by atoms with van der Waals surface area (Å²) in [4.78, 5) is 22.1.